The topological polar surface area (TPSA) is 12.0 Å². The molecule has 1 aromatic heterocycles. The minimum absolute atomic E-state index is 0.0561. The van der Waals surface area contributed by atoms with Crippen molar-refractivity contribution in [1.29, 1.82) is 0 Å². The van der Waals surface area contributed by atoms with Crippen molar-refractivity contribution in [3.8, 4) is 0 Å². The van der Waals surface area contributed by atoms with Crippen LogP contribution in [0.25, 0.3) is 10.1 Å². The van der Waals surface area contributed by atoms with Gasteiger partial charge in [0.15, 0.2) is 0 Å². The highest BCUT2D eigenvalue weighted by molar-refractivity contribution is 14.1. The smallest absolute Gasteiger partial charge is 0.124 e. The van der Waals surface area contributed by atoms with E-state index in [0.29, 0.717) is 0 Å². The second kappa shape index (κ2) is 6.32. The molecule has 1 unspecified atom stereocenters. The predicted octanol–water partition coefficient (Wildman–Crippen LogP) is 5.72. The molecule has 0 aliphatic carbocycles. The lowest BCUT2D eigenvalue weighted by Gasteiger charge is -2.18. The Kier molecular flexibility index (Phi) is 4.63. The van der Waals surface area contributed by atoms with E-state index in [0.717, 1.165) is 13.6 Å². The molecular formula is C16H12BrFINS. The van der Waals surface area contributed by atoms with Crippen LogP contribution in [0.2, 0.25) is 0 Å². The number of thiophene rings is 1. The summed E-state index contributed by atoms with van der Waals surface area (Å²) in [6, 6.07) is 11.2. The summed E-state index contributed by atoms with van der Waals surface area (Å²) in [6.45, 7) is 0. The lowest BCUT2D eigenvalue weighted by molar-refractivity contribution is 0.622. The molecule has 3 rings (SSSR count). The van der Waals surface area contributed by atoms with Crippen LogP contribution >= 0.6 is 49.9 Å². The standard InChI is InChI=1S/C16H12BrFINS/c1-20-15(11-6-5-9(18)7-14(11)19)12-8-21-16-10(12)3-2-4-13(16)17/h2-8,15,20H,1H3. The molecule has 1 nitrogen and oxygen atoms in total. The normalized spacial score (nSPS) is 12.8. The Balaban J connectivity index is 2.16. The molecule has 21 heavy (non-hydrogen) atoms. The van der Waals surface area contributed by atoms with Crippen LogP contribution in [-0.2, 0) is 0 Å². The van der Waals surface area contributed by atoms with Crippen molar-refractivity contribution < 1.29 is 4.39 Å². The van der Waals surface area contributed by atoms with Crippen molar-refractivity contribution in [3.63, 3.8) is 0 Å². The summed E-state index contributed by atoms with van der Waals surface area (Å²) < 4.78 is 16.6. The summed E-state index contributed by atoms with van der Waals surface area (Å²) in [5.74, 6) is -0.198. The molecule has 3 aromatic rings. The van der Waals surface area contributed by atoms with E-state index < -0.39 is 0 Å². The molecule has 1 heterocycles. The molecule has 0 fully saturated rings. The van der Waals surface area contributed by atoms with Crippen molar-refractivity contribution in [2.45, 2.75) is 6.04 Å². The zero-order chi connectivity index (χ0) is 15.0. The van der Waals surface area contributed by atoms with E-state index >= 15 is 0 Å². The van der Waals surface area contributed by atoms with E-state index in [1.807, 2.05) is 19.2 Å². The van der Waals surface area contributed by atoms with Crippen molar-refractivity contribution in [2.24, 2.45) is 0 Å². The lowest BCUT2D eigenvalue weighted by atomic mass is 9.98. The van der Waals surface area contributed by atoms with Crippen LogP contribution in [0, 0.1) is 9.39 Å². The average Bonchev–Trinajstić information content (AvgIpc) is 2.87. The molecule has 0 saturated carbocycles. The van der Waals surface area contributed by atoms with Gasteiger partial charge in [-0.05, 0) is 85.7 Å². The first-order valence-corrected chi connectivity index (χ1v) is 9.14. The van der Waals surface area contributed by atoms with Crippen LogP contribution in [-0.4, -0.2) is 7.05 Å². The van der Waals surface area contributed by atoms with Gasteiger partial charge in [-0.3, -0.25) is 0 Å². The third kappa shape index (κ3) is 2.88. The predicted molar refractivity (Wildman–Crippen MR) is 99.5 cm³/mol. The third-order valence-corrected chi connectivity index (χ3v) is 6.36. The number of hydrogen-bond acceptors (Lipinski definition) is 2. The zero-order valence-electron chi connectivity index (χ0n) is 11.2. The maximum atomic E-state index is 13.3. The SMILES string of the molecule is CNC(c1ccc(F)cc1I)c1csc2c(Br)cccc12. The van der Waals surface area contributed by atoms with Crippen molar-refractivity contribution in [3.05, 3.63) is 66.8 Å². The first-order valence-electron chi connectivity index (χ1n) is 6.39. The van der Waals surface area contributed by atoms with Crippen LogP contribution in [0.3, 0.4) is 0 Å². The Morgan fingerprint density at radius 1 is 1.24 bits per heavy atom. The Hall–Kier alpha value is -0.500. The summed E-state index contributed by atoms with van der Waals surface area (Å²) in [6.07, 6.45) is 0. The van der Waals surface area contributed by atoms with Crippen molar-refractivity contribution in [2.75, 3.05) is 7.05 Å². The maximum Gasteiger partial charge on any atom is 0.124 e. The van der Waals surface area contributed by atoms with E-state index in [4.69, 9.17) is 0 Å². The molecule has 1 atom stereocenters. The van der Waals surface area contributed by atoms with Crippen LogP contribution in [0.1, 0.15) is 17.2 Å². The van der Waals surface area contributed by atoms with E-state index in [1.54, 1.807) is 17.4 Å². The number of nitrogens with one attached hydrogen (secondary N) is 1. The number of halogens is 3. The number of rotatable bonds is 3. The second-order valence-electron chi connectivity index (χ2n) is 4.70. The van der Waals surface area contributed by atoms with E-state index in [2.05, 4.69) is 61.4 Å². The highest BCUT2D eigenvalue weighted by Gasteiger charge is 2.19. The van der Waals surface area contributed by atoms with Gasteiger partial charge in [-0.1, -0.05) is 18.2 Å². The molecule has 108 valence electrons. The summed E-state index contributed by atoms with van der Waals surface area (Å²) in [4.78, 5) is 0. The monoisotopic (exact) mass is 475 g/mol. The van der Waals surface area contributed by atoms with Crippen molar-refractivity contribution >= 4 is 59.9 Å². The number of benzene rings is 2. The van der Waals surface area contributed by atoms with Crippen LogP contribution in [0.4, 0.5) is 4.39 Å². The second-order valence-corrected chi connectivity index (χ2v) is 7.59. The summed E-state index contributed by atoms with van der Waals surface area (Å²) in [7, 11) is 1.94. The molecule has 0 amide bonds. The Morgan fingerprint density at radius 3 is 2.76 bits per heavy atom. The zero-order valence-corrected chi connectivity index (χ0v) is 15.7. The highest BCUT2D eigenvalue weighted by atomic mass is 127. The number of fused-ring (bicyclic) bond motifs is 1. The Bertz CT molecular complexity index is 802. The van der Waals surface area contributed by atoms with Gasteiger partial charge in [-0.2, -0.15) is 0 Å². The third-order valence-electron chi connectivity index (χ3n) is 3.45. The van der Waals surface area contributed by atoms with Gasteiger partial charge in [0.1, 0.15) is 5.82 Å². The van der Waals surface area contributed by atoms with E-state index in [1.165, 1.54) is 21.7 Å². The van der Waals surface area contributed by atoms with Crippen LogP contribution in [0.5, 0.6) is 0 Å². The molecule has 5 heteroatoms. The Morgan fingerprint density at radius 2 is 2.05 bits per heavy atom. The first-order chi connectivity index (χ1) is 10.1. The van der Waals surface area contributed by atoms with Gasteiger partial charge in [-0.25, -0.2) is 4.39 Å². The molecule has 0 bridgehead atoms. The molecule has 0 spiro atoms. The van der Waals surface area contributed by atoms with Gasteiger partial charge in [-0.15, -0.1) is 11.3 Å². The van der Waals surface area contributed by atoms with Crippen LogP contribution < -0.4 is 5.32 Å². The fourth-order valence-electron chi connectivity index (χ4n) is 2.48. The van der Waals surface area contributed by atoms with Gasteiger partial charge < -0.3 is 5.32 Å². The van der Waals surface area contributed by atoms with Gasteiger partial charge in [0, 0.05) is 12.7 Å². The summed E-state index contributed by atoms with van der Waals surface area (Å²) in [5, 5.41) is 6.76. The molecular weight excluding hydrogens is 464 g/mol. The maximum absolute atomic E-state index is 13.3. The van der Waals surface area contributed by atoms with Gasteiger partial charge in [0.25, 0.3) is 0 Å². The van der Waals surface area contributed by atoms with E-state index in [9.17, 15) is 4.39 Å². The summed E-state index contributed by atoms with van der Waals surface area (Å²) >= 11 is 7.52. The Labute approximate surface area is 148 Å². The fraction of sp³-hybridized carbons (Fsp3) is 0.125. The molecule has 0 saturated heterocycles. The van der Waals surface area contributed by atoms with Crippen molar-refractivity contribution in [1.82, 2.24) is 5.32 Å². The molecule has 2 aromatic carbocycles. The fourth-order valence-corrected chi connectivity index (χ4v) is 4.92. The quantitative estimate of drug-likeness (QED) is 0.478. The molecule has 1 N–H and O–H groups in total. The molecule has 0 radical (unpaired) electrons. The minimum Gasteiger partial charge on any atom is -0.309 e. The van der Waals surface area contributed by atoms with Crippen LogP contribution in [0.15, 0.2) is 46.3 Å². The van der Waals surface area contributed by atoms with Gasteiger partial charge in [0.05, 0.1) is 6.04 Å². The number of hydrogen-bond donors (Lipinski definition) is 1. The van der Waals surface area contributed by atoms with Gasteiger partial charge in [0.2, 0.25) is 0 Å². The minimum atomic E-state index is -0.198. The largest absolute Gasteiger partial charge is 0.309 e. The average molecular weight is 476 g/mol. The lowest BCUT2D eigenvalue weighted by Crippen LogP contribution is -2.18. The first kappa shape index (κ1) is 15.4. The molecule has 0 aliphatic heterocycles. The van der Waals surface area contributed by atoms with E-state index in [-0.39, 0.29) is 11.9 Å². The highest BCUT2D eigenvalue weighted by Crippen LogP contribution is 2.38. The molecule has 0 aliphatic rings. The van der Waals surface area contributed by atoms with Gasteiger partial charge >= 0.3 is 0 Å². The summed E-state index contributed by atoms with van der Waals surface area (Å²) in [5.41, 5.74) is 2.32.